The van der Waals surface area contributed by atoms with Crippen LogP contribution in [0.25, 0.3) is 0 Å². The molecule has 100 valence electrons. The van der Waals surface area contributed by atoms with E-state index in [0.29, 0.717) is 12.0 Å². The predicted molar refractivity (Wildman–Crippen MR) is 80.3 cm³/mol. The van der Waals surface area contributed by atoms with Gasteiger partial charge in [-0.3, -0.25) is 0 Å². The molecule has 1 aliphatic rings. The minimum atomic E-state index is 0.625. The third-order valence-corrected chi connectivity index (χ3v) is 4.05. The Balaban J connectivity index is 1.90. The first-order valence-electron chi connectivity index (χ1n) is 7.62. The van der Waals surface area contributed by atoms with Gasteiger partial charge in [0.2, 0.25) is 0 Å². The Bertz CT molecular complexity index is 331. The molecule has 1 aromatic carbocycles. The fourth-order valence-electron chi connectivity index (χ4n) is 2.80. The number of hydrogen-bond donors (Lipinski definition) is 1. The van der Waals surface area contributed by atoms with Crippen molar-refractivity contribution in [2.24, 2.45) is 0 Å². The fraction of sp³-hybridized carbons (Fsp3) is 0.647. The summed E-state index contributed by atoms with van der Waals surface area (Å²) in [5.41, 5.74) is 2.73. The van der Waals surface area contributed by atoms with E-state index in [-0.39, 0.29) is 0 Å². The van der Waals surface area contributed by atoms with Crippen molar-refractivity contribution in [1.29, 1.82) is 0 Å². The van der Waals surface area contributed by atoms with Crippen LogP contribution < -0.4 is 5.32 Å². The van der Waals surface area contributed by atoms with Crippen molar-refractivity contribution in [1.82, 2.24) is 0 Å². The molecule has 1 fully saturated rings. The Morgan fingerprint density at radius 2 is 1.44 bits per heavy atom. The van der Waals surface area contributed by atoms with Gasteiger partial charge in [-0.05, 0) is 36.5 Å². The molecule has 2 rings (SSSR count). The summed E-state index contributed by atoms with van der Waals surface area (Å²) in [6, 6.07) is 9.70. The van der Waals surface area contributed by atoms with Crippen LogP contribution in [0.2, 0.25) is 0 Å². The Hall–Kier alpha value is -0.980. The molecule has 0 bridgehead atoms. The smallest absolute Gasteiger partial charge is 0.0342 e. The van der Waals surface area contributed by atoms with Gasteiger partial charge in [0.1, 0.15) is 0 Å². The first kappa shape index (κ1) is 13.5. The normalized spacial score (nSPS) is 18.4. The summed E-state index contributed by atoms with van der Waals surface area (Å²) in [5, 5.41) is 3.71. The summed E-state index contributed by atoms with van der Waals surface area (Å²) in [7, 11) is 0. The number of benzene rings is 1. The third-order valence-electron chi connectivity index (χ3n) is 4.05. The Labute approximate surface area is 112 Å². The first-order valence-corrected chi connectivity index (χ1v) is 7.62. The Kier molecular flexibility index (Phi) is 5.10. The highest BCUT2D eigenvalue weighted by atomic mass is 14.9. The summed E-state index contributed by atoms with van der Waals surface area (Å²) >= 11 is 0. The van der Waals surface area contributed by atoms with E-state index in [1.54, 1.807) is 0 Å². The molecule has 1 nitrogen and oxygen atoms in total. The monoisotopic (exact) mass is 245 g/mol. The third kappa shape index (κ3) is 4.04. The van der Waals surface area contributed by atoms with Gasteiger partial charge >= 0.3 is 0 Å². The minimum Gasteiger partial charge on any atom is -0.382 e. The van der Waals surface area contributed by atoms with E-state index >= 15 is 0 Å². The van der Waals surface area contributed by atoms with E-state index in [9.17, 15) is 0 Å². The fourth-order valence-corrected chi connectivity index (χ4v) is 2.80. The second-order valence-electron chi connectivity index (χ2n) is 5.96. The molecule has 0 radical (unpaired) electrons. The molecule has 0 heterocycles. The van der Waals surface area contributed by atoms with Crippen molar-refractivity contribution in [2.75, 3.05) is 5.32 Å². The minimum absolute atomic E-state index is 0.625. The van der Waals surface area contributed by atoms with Crippen LogP contribution in [-0.2, 0) is 0 Å². The highest BCUT2D eigenvalue weighted by Gasteiger charge is 2.10. The van der Waals surface area contributed by atoms with E-state index in [0.717, 1.165) is 0 Å². The number of nitrogens with one attached hydrogen (secondary N) is 1. The van der Waals surface area contributed by atoms with Crippen LogP contribution in [0.4, 0.5) is 5.69 Å². The molecule has 1 aliphatic carbocycles. The van der Waals surface area contributed by atoms with E-state index in [4.69, 9.17) is 0 Å². The van der Waals surface area contributed by atoms with Gasteiger partial charge in [0.25, 0.3) is 0 Å². The molecule has 0 saturated heterocycles. The summed E-state index contributed by atoms with van der Waals surface area (Å²) in [5.74, 6) is 0.625. The lowest BCUT2D eigenvalue weighted by molar-refractivity contribution is 0.471. The molecule has 0 spiro atoms. The van der Waals surface area contributed by atoms with Crippen LogP contribution in [-0.4, -0.2) is 6.04 Å². The van der Waals surface area contributed by atoms with Crippen molar-refractivity contribution >= 4 is 5.69 Å². The van der Waals surface area contributed by atoms with E-state index in [1.807, 2.05) is 0 Å². The van der Waals surface area contributed by atoms with Crippen molar-refractivity contribution in [3.05, 3.63) is 29.8 Å². The maximum absolute atomic E-state index is 3.71. The topological polar surface area (TPSA) is 12.0 Å². The maximum atomic E-state index is 3.71. The van der Waals surface area contributed by atoms with Gasteiger partial charge in [-0.15, -0.1) is 0 Å². The molecule has 0 aromatic heterocycles. The van der Waals surface area contributed by atoms with Gasteiger partial charge < -0.3 is 5.32 Å². The average molecular weight is 245 g/mol. The lowest BCUT2D eigenvalue weighted by atomic mass is 9.96. The largest absolute Gasteiger partial charge is 0.382 e. The van der Waals surface area contributed by atoms with Crippen molar-refractivity contribution in [3.63, 3.8) is 0 Å². The zero-order valence-corrected chi connectivity index (χ0v) is 11.9. The van der Waals surface area contributed by atoms with E-state index in [1.165, 1.54) is 56.2 Å². The van der Waals surface area contributed by atoms with Crippen LogP contribution in [0, 0.1) is 0 Å². The summed E-state index contributed by atoms with van der Waals surface area (Å²) in [6.07, 6.45) is 9.74. The van der Waals surface area contributed by atoms with E-state index < -0.39 is 0 Å². The summed E-state index contributed by atoms with van der Waals surface area (Å²) < 4.78 is 0. The van der Waals surface area contributed by atoms with Gasteiger partial charge in [-0.1, -0.05) is 58.1 Å². The average Bonchev–Trinajstić information content (AvgIpc) is 2.33. The molecule has 1 N–H and O–H groups in total. The van der Waals surface area contributed by atoms with Crippen molar-refractivity contribution in [2.45, 2.75) is 70.8 Å². The van der Waals surface area contributed by atoms with Crippen LogP contribution in [0.3, 0.4) is 0 Å². The molecular formula is C17H27N. The molecule has 0 amide bonds. The highest BCUT2D eigenvalue weighted by molar-refractivity contribution is 5.45. The zero-order chi connectivity index (χ0) is 12.8. The van der Waals surface area contributed by atoms with Crippen molar-refractivity contribution < 1.29 is 0 Å². The van der Waals surface area contributed by atoms with Gasteiger partial charge in [-0.2, -0.15) is 0 Å². The number of rotatable bonds is 3. The van der Waals surface area contributed by atoms with Gasteiger partial charge in [-0.25, -0.2) is 0 Å². The first-order chi connectivity index (χ1) is 8.75. The molecule has 1 heteroatoms. The SMILES string of the molecule is CC(C)c1ccc(NC2CCCCCCC2)cc1. The molecule has 18 heavy (non-hydrogen) atoms. The molecule has 1 aromatic rings. The number of anilines is 1. The Morgan fingerprint density at radius 1 is 0.889 bits per heavy atom. The lowest BCUT2D eigenvalue weighted by Crippen LogP contribution is -2.20. The van der Waals surface area contributed by atoms with Gasteiger partial charge in [0, 0.05) is 11.7 Å². The number of hydrogen-bond acceptors (Lipinski definition) is 1. The van der Waals surface area contributed by atoms with E-state index in [2.05, 4.69) is 43.4 Å². The standard InChI is InChI=1S/C17H27N/c1-14(2)15-10-12-17(13-11-15)18-16-8-6-4-3-5-7-9-16/h10-14,16,18H,3-9H2,1-2H3. The quantitative estimate of drug-likeness (QED) is 0.758. The second-order valence-corrected chi connectivity index (χ2v) is 5.96. The lowest BCUT2D eigenvalue weighted by Gasteiger charge is -2.22. The van der Waals surface area contributed by atoms with Crippen LogP contribution in [0.15, 0.2) is 24.3 Å². The summed E-state index contributed by atoms with van der Waals surface area (Å²) in [6.45, 7) is 4.49. The van der Waals surface area contributed by atoms with Crippen LogP contribution >= 0.6 is 0 Å². The van der Waals surface area contributed by atoms with Gasteiger partial charge in [0.15, 0.2) is 0 Å². The maximum Gasteiger partial charge on any atom is 0.0342 e. The predicted octanol–water partition coefficient (Wildman–Crippen LogP) is 5.33. The Morgan fingerprint density at radius 3 is 2.00 bits per heavy atom. The summed E-state index contributed by atoms with van der Waals surface area (Å²) in [4.78, 5) is 0. The molecule has 1 saturated carbocycles. The van der Waals surface area contributed by atoms with Gasteiger partial charge in [0.05, 0.1) is 0 Å². The second kappa shape index (κ2) is 6.82. The highest BCUT2D eigenvalue weighted by Crippen LogP contribution is 2.22. The molecule has 0 atom stereocenters. The molecule has 0 aliphatic heterocycles. The zero-order valence-electron chi connectivity index (χ0n) is 11.9. The molecular weight excluding hydrogens is 218 g/mol. The van der Waals surface area contributed by atoms with Crippen LogP contribution in [0.5, 0.6) is 0 Å². The molecule has 0 unspecified atom stereocenters. The van der Waals surface area contributed by atoms with Crippen molar-refractivity contribution in [3.8, 4) is 0 Å². The van der Waals surface area contributed by atoms with Crippen LogP contribution in [0.1, 0.15) is 70.3 Å².